The summed E-state index contributed by atoms with van der Waals surface area (Å²) in [7, 11) is -1.69. The molecule has 0 radical (unpaired) electrons. The second-order valence-electron chi connectivity index (χ2n) is 5.62. The normalized spacial score (nSPS) is 18.3. The number of nitrogens with one attached hydrogen (secondary N) is 1. The lowest BCUT2D eigenvalue weighted by molar-refractivity contribution is 0.0519. The van der Waals surface area contributed by atoms with E-state index >= 15 is 0 Å². The van der Waals surface area contributed by atoms with Crippen LogP contribution < -0.4 is 9.46 Å². The van der Waals surface area contributed by atoms with Gasteiger partial charge < -0.3 is 14.2 Å². The van der Waals surface area contributed by atoms with Crippen molar-refractivity contribution in [1.29, 1.82) is 0 Å². The molecule has 0 amide bonds. The van der Waals surface area contributed by atoms with Crippen LogP contribution in [0.3, 0.4) is 0 Å². The van der Waals surface area contributed by atoms with Crippen LogP contribution in [0.2, 0.25) is 0 Å². The maximum absolute atomic E-state index is 11.9. The van der Waals surface area contributed by atoms with Crippen LogP contribution in [-0.2, 0) is 25.9 Å². The highest BCUT2D eigenvalue weighted by Gasteiger charge is 2.17. The van der Waals surface area contributed by atoms with Crippen LogP contribution in [0.25, 0.3) is 0 Å². The fourth-order valence-electron chi connectivity index (χ4n) is 2.41. The molecule has 1 saturated heterocycles. The lowest BCUT2D eigenvalue weighted by Gasteiger charge is -2.11. The van der Waals surface area contributed by atoms with Gasteiger partial charge in [0, 0.05) is 13.2 Å². The second-order valence-corrected chi connectivity index (χ2v) is 7.55. The molecule has 1 heterocycles. The lowest BCUT2D eigenvalue weighted by atomic mass is 10.1. The van der Waals surface area contributed by atoms with Gasteiger partial charge in [0.05, 0.1) is 32.2 Å². The van der Waals surface area contributed by atoms with Crippen molar-refractivity contribution in [3.63, 3.8) is 0 Å². The van der Waals surface area contributed by atoms with Gasteiger partial charge in [0.1, 0.15) is 5.75 Å². The van der Waals surface area contributed by atoms with Crippen molar-refractivity contribution in [1.82, 2.24) is 4.72 Å². The maximum atomic E-state index is 11.9. The average molecular weight is 343 g/mol. The molecule has 1 aromatic carbocycles. The van der Waals surface area contributed by atoms with Crippen molar-refractivity contribution in [3.8, 4) is 5.75 Å². The predicted octanol–water partition coefficient (Wildman–Crippen LogP) is 1.27. The first-order valence-corrected chi connectivity index (χ1v) is 9.45. The Balaban J connectivity index is 1.71. The Morgan fingerprint density at radius 3 is 2.91 bits per heavy atom. The summed E-state index contributed by atoms with van der Waals surface area (Å²) in [6, 6.07) is 5.89. The summed E-state index contributed by atoms with van der Waals surface area (Å²) in [5, 5.41) is 0. The molecular formula is C16H25NO5S. The Hall–Kier alpha value is -1.15. The molecule has 7 heteroatoms. The standard InChI is InChI=1S/C16H25NO5S/c1-13-3-4-14(11-16(13)20-2)5-7-17-23(18,19)10-9-22-15-6-8-21-12-15/h3-4,11,15,17H,5-10,12H2,1-2H3. The Bertz CT molecular complexity index is 596. The number of methoxy groups -OCH3 is 1. The number of benzene rings is 1. The zero-order valence-corrected chi connectivity index (χ0v) is 14.5. The third-order valence-corrected chi connectivity index (χ3v) is 5.15. The van der Waals surface area contributed by atoms with E-state index < -0.39 is 10.0 Å². The molecule has 0 saturated carbocycles. The SMILES string of the molecule is COc1cc(CCNS(=O)(=O)CCOC2CCOC2)ccc1C. The zero-order chi connectivity index (χ0) is 16.7. The Kier molecular flexibility index (Phi) is 6.83. The van der Waals surface area contributed by atoms with Gasteiger partial charge >= 0.3 is 0 Å². The van der Waals surface area contributed by atoms with E-state index in [0.717, 1.165) is 23.3 Å². The van der Waals surface area contributed by atoms with E-state index in [1.807, 2.05) is 25.1 Å². The highest BCUT2D eigenvalue weighted by molar-refractivity contribution is 7.89. The van der Waals surface area contributed by atoms with E-state index in [9.17, 15) is 8.42 Å². The summed E-state index contributed by atoms with van der Waals surface area (Å²) in [6.45, 7) is 3.78. The summed E-state index contributed by atoms with van der Waals surface area (Å²) in [4.78, 5) is 0. The molecule has 0 spiro atoms. The third-order valence-electron chi connectivity index (χ3n) is 3.80. The molecular weight excluding hydrogens is 318 g/mol. The Morgan fingerprint density at radius 1 is 1.39 bits per heavy atom. The monoisotopic (exact) mass is 343 g/mol. The minimum absolute atomic E-state index is 0.0271. The average Bonchev–Trinajstić information content (AvgIpc) is 3.02. The highest BCUT2D eigenvalue weighted by atomic mass is 32.2. The van der Waals surface area contributed by atoms with E-state index in [0.29, 0.717) is 26.2 Å². The molecule has 130 valence electrons. The van der Waals surface area contributed by atoms with Crippen LogP contribution in [0, 0.1) is 6.92 Å². The molecule has 1 aliphatic heterocycles. The van der Waals surface area contributed by atoms with Gasteiger partial charge in [0.15, 0.2) is 0 Å². The molecule has 2 rings (SSSR count). The van der Waals surface area contributed by atoms with Crippen molar-refractivity contribution in [2.45, 2.75) is 25.9 Å². The van der Waals surface area contributed by atoms with Crippen LogP contribution in [0.5, 0.6) is 5.75 Å². The number of hydrogen-bond acceptors (Lipinski definition) is 5. The summed E-state index contributed by atoms with van der Waals surface area (Å²) < 4.78 is 42.4. The quantitative estimate of drug-likeness (QED) is 0.731. The molecule has 1 aromatic rings. The first-order valence-electron chi connectivity index (χ1n) is 7.80. The molecule has 1 atom stereocenters. The number of hydrogen-bond donors (Lipinski definition) is 1. The first-order chi connectivity index (χ1) is 11.0. The largest absolute Gasteiger partial charge is 0.496 e. The lowest BCUT2D eigenvalue weighted by Crippen LogP contribution is -2.31. The van der Waals surface area contributed by atoms with E-state index in [1.165, 1.54) is 0 Å². The number of aryl methyl sites for hydroxylation is 1. The van der Waals surface area contributed by atoms with E-state index in [4.69, 9.17) is 14.2 Å². The minimum Gasteiger partial charge on any atom is -0.496 e. The van der Waals surface area contributed by atoms with Crippen molar-refractivity contribution in [2.24, 2.45) is 0 Å². The molecule has 6 nitrogen and oxygen atoms in total. The zero-order valence-electron chi connectivity index (χ0n) is 13.7. The van der Waals surface area contributed by atoms with Gasteiger partial charge in [-0.3, -0.25) is 0 Å². The number of rotatable bonds is 9. The first kappa shape index (κ1) is 18.2. The third kappa shape index (κ3) is 6.10. The van der Waals surface area contributed by atoms with Crippen molar-refractivity contribution in [3.05, 3.63) is 29.3 Å². The topological polar surface area (TPSA) is 73.9 Å². The van der Waals surface area contributed by atoms with Crippen LogP contribution >= 0.6 is 0 Å². The van der Waals surface area contributed by atoms with E-state index in [2.05, 4.69) is 4.72 Å². The highest BCUT2D eigenvalue weighted by Crippen LogP contribution is 2.19. The van der Waals surface area contributed by atoms with Gasteiger partial charge in [0.25, 0.3) is 0 Å². The van der Waals surface area contributed by atoms with E-state index in [1.54, 1.807) is 7.11 Å². The Labute approximate surface area is 138 Å². The van der Waals surface area contributed by atoms with Crippen molar-refractivity contribution >= 4 is 10.0 Å². The van der Waals surface area contributed by atoms with Gasteiger partial charge in [-0.15, -0.1) is 0 Å². The number of ether oxygens (including phenoxy) is 3. The minimum atomic E-state index is -3.31. The smallest absolute Gasteiger partial charge is 0.213 e. The molecule has 0 aromatic heterocycles. The predicted molar refractivity (Wildman–Crippen MR) is 88.4 cm³/mol. The van der Waals surface area contributed by atoms with Gasteiger partial charge in [-0.25, -0.2) is 13.1 Å². The summed E-state index contributed by atoms with van der Waals surface area (Å²) in [5.41, 5.74) is 2.10. The van der Waals surface area contributed by atoms with Crippen LogP contribution in [-0.4, -0.2) is 53.7 Å². The fraction of sp³-hybridized carbons (Fsp3) is 0.625. The molecule has 0 aliphatic carbocycles. The fourth-order valence-corrected chi connectivity index (χ4v) is 3.28. The van der Waals surface area contributed by atoms with Crippen molar-refractivity contribution < 1.29 is 22.6 Å². The Morgan fingerprint density at radius 2 is 2.22 bits per heavy atom. The van der Waals surface area contributed by atoms with Crippen molar-refractivity contribution in [2.75, 3.05) is 39.2 Å². The van der Waals surface area contributed by atoms with Gasteiger partial charge in [-0.2, -0.15) is 0 Å². The molecule has 1 fully saturated rings. The molecule has 1 unspecified atom stereocenters. The molecule has 1 N–H and O–H groups in total. The molecule has 1 aliphatic rings. The summed E-state index contributed by atoms with van der Waals surface area (Å²) >= 11 is 0. The number of sulfonamides is 1. The van der Waals surface area contributed by atoms with Gasteiger partial charge in [0.2, 0.25) is 10.0 Å². The molecule has 0 bridgehead atoms. The van der Waals surface area contributed by atoms with E-state index in [-0.39, 0.29) is 18.5 Å². The van der Waals surface area contributed by atoms with Crippen LogP contribution in [0.1, 0.15) is 17.5 Å². The van der Waals surface area contributed by atoms with Crippen LogP contribution in [0.4, 0.5) is 0 Å². The molecule has 23 heavy (non-hydrogen) atoms. The van der Waals surface area contributed by atoms with Gasteiger partial charge in [-0.1, -0.05) is 12.1 Å². The second kappa shape index (κ2) is 8.63. The maximum Gasteiger partial charge on any atom is 0.213 e. The summed E-state index contributed by atoms with van der Waals surface area (Å²) in [5.74, 6) is 0.790. The van der Waals surface area contributed by atoms with Crippen LogP contribution in [0.15, 0.2) is 18.2 Å². The summed E-state index contributed by atoms with van der Waals surface area (Å²) in [6.07, 6.45) is 1.49. The van der Waals surface area contributed by atoms with Gasteiger partial charge in [-0.05, 0) is 37.0 Å².